The Morgan fingerprint density at radius 1 is 0.868 bits per heavy atom. The lowest BCUT2D eigenvalue weighted by atomic mass is 9.95. The van der Waals surface area contributed by atoms with Gasteiger partial charge in [0.15, 0.2) is 0 Å². The number of hydrogen-bond donors (Lipinski definition) is 1. The molecule has 1 heterocycles. The van der Waals surface area contributed by atoms with Gasteiger partial charge in [-0.05, 0) is 78.6 Å². The third kappa shape index (κ3) is 5.67. The summed E-state index contributed by atoms with van der Waals surface area (Å²) in [5.74, 6) is 0.627. The van der Waals surface area contributed by atoms with Gasteiger partial charge in [0.25, 0.3) is 11.7 Å². The highest BCUT2D eigenvalue weighted by Crippen LogP contribution is 2.43. The van der Waals surface area contributed by atoms with Crippen molar-refractivity contribution in [3.8, 4) is 17.2 Å². The van der Waals surface area contributed by atoms with Gasteiger partial charge in [0, 0.05) is 11.3 Å². The van der Waals surface area contributed by atoms with Gasteiger partial charge in [-0.3, -0.25) is 14.5 Å². The number of hydrogen-bond acceptors (Lipinski definition) is 6. The van der Waals surface area contributed by atoms with Crippen molar-refractivity contribution in [3.05, 3.63) is 89.5 Å². The molecule has 198 valence electrons. The first-order valence-electron chi connectivity index (χ1n) is 12.7. The van der Waals surface area contributed by atoms with Crippen molar-refractivity contribution >= 4 is 23.1 Å². The van der Waals surface area contributed by atoms with Gasteiger partial charge < -0.3 is 19.3 Å². The molecule has 1 atom stereocenters. The Balaban J connectivity index is 1.77. The van der Waals surface area contributed by atoms with Crippen molar-refractivity contribution in [2.75, 3.05) is 25.2 Å². The molecule has 38 heavy (non-hydrogen) atoms. The van der Waals surface area contributed by atoms with Crippen LogP contribution in [0.5, 0.6) is 17.2 Å². The SMILES string of the molecule is CCCOc1ccc(/C(O)=C2\C(=O)C(=O)N(c3ccc(OCC(C)C)cc3)C2c2ccc(OC)cc2)cc1. The number of anilines is 1. The molecule has 1 fully saturated rings. The molecule has 1 saturated heterocycles. The van der Waals surface area contributed by atoms with Crippen molar-refractivity contribution in [2.45, 2.75) is 33.2 Å². The molecule has 0 aromatic heterocycles. The van der Waals surface area contributed by atoms with Gasteiger partial charge in [-0.25, -0.2) is 0 Å². The van der Waals surface area contributed by atoms with Crippen molar-refractivity contribution in [1.29, 1.82) is 0 Å². The molecule has 3 aromatic carbocycles. The molecule has 4 rings (SSSR count). The van der Waals surface area contributed by atoms with Crippen molar-refractivity contribution < 1.29 is 28.9 Å². The Labute approximate surface area is 223 Å². The van der Waals surface area contributed by atoms with Crippen LogP contribution in [0.1, 0.15) is 44.4 Å². The number of nitrogens with zero attached hydrogens (tertiary/aromatic N) is 1. The highest BCUT2D eigenvalue weighted by Gasteiger charge is 2.47. The number of carbonyl (C=O) groups excluding carboxylic acids is 2. The van der Waals surface area contributed by atoms with Crippen LogP contribution in [0, 0.1) is 5.92 Å². The van der Waals surface area contributed by atoms with E-state index in [0.717, 1.165) is 6.42 Å². The standard InChI is InChI=1S/C31H33NO6/c1-5-18-37-25-14-8-22(9-15-25)29(33)27-28(21-6-12-24(36-4)13-7-21)32(31(35)30(27)34)23-10-16-26(17-11-23)38-19-20(2)3/h6-17,20,28,33H,5,18-19H2,1-4H3/b29-27+. The van der Waals surface area contributed by atoms with Crippen molar-refractivity contribution in [3.63, 3.8) is 0 Å². The molecule has 0 aliphatic carbocycles. The van der Waals surface area contributed by atoms with E-state index < -0.39 is 17.7 Å². The Bertz CT molecular complexity index is 1290. The van der Waals surface area contributed by atoms with E-state index >= 15 is 0 Å². The van der Waals surface area contributed by atoms with Gasteiger partial charge >= 0.3 is 0 Å². The summed E-state index contributed by atoms with van der Waals surface area (Å²) in [5, 5.41) is 11.3. The van der Waals surface area contributed by atoms with Crippen LogP contribution < -0.4 is 19.1 Å². The van der Waals surface area contributed by atoms with Crippen molar-refractivity contribution in [1.82, 2.24) is 0 Å². The third-order valence-corrected chi connectivity index (χ3v) is 6.17. The Kier molecular flexibility index (Phi) is 8.36. The number of aliphatic hydroxyl groups is 1. The first kappa shape index (κ1) is 26.8. The highest BCUT2D eigenvalue weighted by atomic mass is 16.5. The van der Waals surface area contributed by atoms with E-state index in [2.05, 4.69) is 13.8 Å². The summed E-state index contributed by atoms with van der Waals surface area (Å²) in [6.07, 6.45) is 0.873. The number of Topliss-reactive ketones (excluding diaryl/α,β-unsaturated/α-hetero) is 1. The summed E-state index contributed by atoms with van der Waals surface area (Å²) in [4.78, 5) is 28.2. The molecular formula is C31H33NO6. The number of aliphatic hydroxyl groups excluding tert-OH is 1. The zero-order chi connectivity index (χ0) is 27.2. The molecule has 0 spiro atoms. The van der Waals surface area contributed by atoms with Crippen LogP contribution in [0.2, 0.25) is 0 Å². The van der Waals surface area contributed by atoms with Crippen LogP contribution in [0.15, 0.2) is 78.4 Å². The number of methoxy groups -OCH3 is 1. The lowest BCUT2D eigenvalue weighted by molar-refractivity contribution is -0.132. The van der Waals surface area contributed by atoms with Crippen LogP contribution in [0.25, 0.3) is 5.76 Å². The first-order valence-corrected chi connectivity index (χ1v) is 12.7. The van der Waals surface area contributed by atoms with Gasteiger partial charge in [0.05, 0.1) is 31.9 Å². The molecule has 0 bridgehead atoms. The summed E-state index contributed by atoms with van der Waals surface area (Å²) in [5.41, 5.74) is 1.62. The zero-order valence-corrected chi connectivity index (χ0v) is 22.1. The second-order valence-electron chi connectivity index (χ2n) is 9.51. The van der Waals surface area contributed by atoms with E-state index in [0.29, 0.717) is 53.2 Å². The average Bonchev–Trinajstić information content (AvgIpc) is 3.21. The molecule has 3 aromatic rings. The lowest BCUT2D eigenvalue weighted by Crippen LogP contribution is -2.29. The fourth-order valence-corrected chi connectivity index (χ4v) is 4.25. The molecular weight excluding hydrogens is 482 g/mol. The molecule has 1 unspecified atom stereocenters. The maximum absolute atomic E-state index is 13.4. The zero-order valence-electron chi connectivity index (χ0n) is 22.1. The second kappa shape index (κ2) is 11.9. The smallest absolute Gasteiger partial charge is 0.300 e. The van der Waals surface area contributed by atoms with E-state index in [1.54, 1.807) is 79.9 Å². The quantitative estimate of drug-likeness (QED) is 0.198. The summed E-state index contributed by atoms with van der Waals surface area (Å²) in [7, 11) is 1.57. The number of benzene rings is 3. The van der Waals surface area contributed by atoms with Crippen LogP contribution >= 0.6 is 0 Å². The van der Waals surface area contributed by atoms with Crippen molar-refractivity contribution in [2.24, 2.45) is 5.92 Å². The van der Waals surface area contributed by atoms with E-state index in [1.807, 2.05) is 6.92 Å². The normalized spacial score (nSPS) is 16.7. The van der Waals surface area contributed by atoms with E-state index in [9.17, 15) is 14.7 Å². The summed E-state index contributed by atoms with van der Waals surface area (Å²) >= 11 is 0. The maximum Gasteiger partial charge on any atom is 0.300 e. The predicted molar refractivity (Wildman–Crippen MR) is 147 cm³/mol. The fraction of sp³-hybridized carbons (Fsp3) is 0.290. The maximum atomic E-state index is 13.4. The minimum atomic E-state index is -0.834. The molecule has 0 radical (unpaired) electrons. The highest BCUT2D eigenvalue weighted by molar-refractivity contribution is 6.51. The first-order chi connectivity index (χ1) is 18.3. The molecule has 7 nitrogen and oxygen atoms in total. The Morgan fingerprint density at radius 2 is 1.45 bits per heavy atom. The molecule has 1 aliphatic rings. The van der Waals surface area contributed by atoms with E-state index in [4.69, 9.17) is 14.2 Å². The Hall–Kier alpha value is -4.26. The van der Waals surface area contributed by atoms with Crippen LogP contribution in [0.3, 0.4) is 0 Å². The van der Waals surface area contributed by atoms with Crippen LogP contribution in [-0.2, 0) is 9.59 Å². The van der Waals surface area contributed by atoms with Gasteiger partial charge in [-0.1, -0.05) is 32.9 Å². The van der Waals surface area contributed by atoms with Gasteiger partial charge in [-0.15, -0.1) is 0 Å². The topological polar surface area (TPSA) is 85.3 Å². The summed E-state index contributed by atoms with van der Waals surface area (Å²) in [6.45, 7) is 7.29. The second-order valence-corrected chi connectivity index (χ2v) is 9.51. The van der Waals surface area contributed by atoms with E-state index in [-0.39, 0.29) is 11.3 Å². The Morgan fingerprint density at radius 3 is 2.03 bits per heavy atom. The molecule has 1 amide bonds. The van der Waals surface area contributed by atoms with Crippen LogP contribution in [0.4, 0.5) is 5.69 Å². The fourth-order valence-electron chi connectivity index (χ4n) is 4.25. The van der Waals surface area contributed by atoms with Crippen LogP contribution in [-0.4, -0.2) is 37.1 Å². The molecule has 1 aliphatic heterocycles. The molecule has 0 saturated carbocycles. The molecule has 1 N–H and O–H groups in total. The summed E-state index contributed by atoms with van der Waals surface area (Å²) in [6, 6.07) is 20.1. The number of ketones is 1. The lowest BCUT2D eigenvalue weighted by Gasteiger charge is -2.26. The minimum Gasteiger partial charge on any atom is -0.507 e. The average molecular weight is 516 g/mol. The summed E-state index contributed by atoms with van der Waals surface area (Å²) < 4.78 is 16.7. The monoisotopic (exact) mass is 515 g/mol. The van der Waals surface area contributed by atoms with Gasteiger partial charge in [0.2, 0.25) is 0 Å². The minimum absolute atomic E-state index is 0.0162. The van der Waals surface area contributed by atoms with Gasteiger partial charge in [0.1, 0.15) is 23.0 Å². The van der Waals surface area contributed by atoms with Gasteiger partial charge in [-0.2, -0.15) is 0 Å². The number of carbonyl (C=O) groups is 2. The molecule has 7 heteroatoms. The number of ether oxygens (including phenoxy) is 3. The predicted octanol–water partition coefficient (Wildman–Crippen LogP) is 6.15. The number of rotatable bonds is 10. The largest absolute Gasteiger partial charge is 0.507 e. The van der Waals surface area contributed by atoms with E-state index in [1.165, 1.54) is 4.90 Å². The number of amides is 1. The third-order valence-electron chi connectivity index (χ3n) is 6.17.